The molecule has 3 rings (SSSR count). The van der Waals surface area contributed by atoms with Crippen LogP contribution < -0.4 is 16.4 Å². The van der Waals surface area contributed by atoms with E-state index in [1.807, 2.05) is 74.5 Å². The van der Waals surface area contributed by atoms with E-state index >= 15 is 0 Å². The van der Waals surface area contributed by atoms with Gasteiger partial charge in [0.25, 0.3) is 0 Å². The van der Waals surface area contributed by atoms with Gasteiger partial charge in [0.1, 0.15) is 18.1 Å². The van der Waals surface area contributed by atoms with Crippen molar-refractivity contribution in [2.45, 2.75) is 70.1 Å². The second-order valence-electron chi connectivity index (χ2n) is 10.3. The number of carbonyl (C=O) groups excluding carboxylic acids is 3. The highest BCUT2D eigenvalue weighted by Crippen LogP contribution is 2.20. The van der Waals surface area contributed by atoms with Crippen LogP contribution in [-0.4, -0.2) is 64.4 Å². The lowest BCUT2D eigenvalue weighted by Gasteiger charge is -2.30. The van der Waals surface area contributed by atoms with E-state index in [1.165, 1.54) is 4.90 Å². The number of aliphatic carboxylic acids is 1. The van der Waals surface area contributed by atoms with Crippen LogP contribution in [0.15, 0.2) is 60.7 Å². The molecule has 1 fully saturated rings. The molecule has 0 spiro atoms. The van der Waals surface area contributed by atoms with Gasteiger partial charge in [-0.2, -0.15) is 0 Å². The monoisotopic (exact) mass is 522 g/mol. The summed E-state index contributed by atoms with van der Waals surface area (Å²) >= 11 is 0. The van der Waals surface area contributed by atoms with Gasteiger partial charge in [0.05, 0.1) is 6.04 Å². The van der Waals surface area contributed by atoms with E-state index in [0.29, 0.717) is 32.2 Å². The molecule has 1 aliphatic rings. The maximum atomic E-state index is 13.5. The first kappa shape index (κ1) is 28.8. The first-order chi connectivity index (χ1) is 18.2. The highest BCUT2D eigenvalue weighted by Gasteiger charge is 2.38. The van der Waals surface area contributed by atoms with Crippen molar-refractivity contribution >= 4 is 23.7 Å². The molecule has 4 unspecified atom stereocenters. The molecule has 2 aromatic rings. The number of nitrogens with zero attached hydrogens (tertiary/aromatic N) is 1. The maximum absolute atomic E-state index is 13.5. The molecular formula is C29H38N4O5. The number of carboxylic acids is 1. The Kier molecular flexibility index (Phi) is 10.4. The number of nitrogens with one attached hydrogen (secondary N) is 2. The van der Waals surface area contributed by atoms with E-state index in [-0.39, 0.29) is 12.3 Å². The van der Waals surface area contributed by atoms with Crippen LogP contribution in [0, 0.1) is 5.92 Å². The van der Waals surface area contributed by atoms with Gasteiger partial charge < -0.3 is 26.4 Å². The molecule has 4 atom stereocenters. The van der Waals surface area contributed by atoms with E-state index in [4.69, 9.17) is 5.73 Å². The fraction of sp³-hybridized carbons (Fsp3) is 0.448. The summed E-state index contributed by atoms with van der Waals surface area (Å²) in [5.74, 6) is -2.38. The highest BCUT2D eigenvalue weighted by atomic mass is 16.4. The van der Waals surface area contributed by atoms with Crippen LogP contribution in [0.2, 0.25) is 0 Å². The average molecular weight is 523 g/mol. The lowest BCUT2D eigenvalue weighted by atomic mass is 10.00. The fourth-order valence-corrected chi connectivity index (χ4v) is 4.75. The molecule has 0 saturated carbocycles. The minimum atomic E-state index is -1.05. The first-order valence-electron chi connectivity index (χ1n) is 13.1. The number of hydrogen-bond donors (Lipinski definition) is 4. The van der Waals surface area contributed by atoms with E-state index in [2.05, 4.69) is 10.6 Å². The second kappa shape index (κ2) is 13.7. The van der Waals surface area contributed by atoms with Gasteiger partial charge in [0.15, 0.2) is 0 Å². The number of likely N-dealkylation sites (tertiary alicyclic amines) is 1. The van der Waals surface area contributed by atoms with Gasteiger partial charge in [-0.3, -0.25) is 14.4 Å². The zero-order valence-corrected chi connectivity index (χ0v) is 22.0. The minimum Gasteiger partial charge on any atom is -0.480 e. The van der Waals surface area contributed by atoms with Gasteiger partial charge in [-0.1, -0.05) is 74.5 Å². The molecule has 1 heterocycles. The van der Waals surface area contributed by atoms with Gasteiger partial charge in [0, 0.05) is 13.0 Å². The minimum absolute atomic E-state index is 0.0663. The molecule has 0 aliphatic carbocycles. The molecule has 0 radical (unpaired) electrons. The van der Waals surface area contributed by atoms with E-state index in [1.54, 1.807) is 0 Å². The Morgan fingerprint density at radius 3 is 2.00 bits per heavy atom. The van der Waals surface area contributed by atoms with E-state index in [0.717, 1.165) is 11.1 Å². The van der Waals surface area contributed by atoms with Gasteiger partial charge >= 0.3 is 5.97 Å². The van der Waals surface area contributed by atoms with Crippen molar-refractivity contribution in [3.8, 4) is 0 Å². The molecule has 0 aromatic heterocycles. The fourth-order valence-electron chi connectivity index (χ4n) is 4.75. The molecule has 9 nitrogen and oxygen atoms in total. The summed E-state index contributed by atoms with van der Waals surface area (Å²) in [5, 5.41) is 15.2. The zero-order chi connectivity index (χ0) is 27.7. The third-order valence-corrected chi connectivity index (χ3v) is 6.69. The van der Waals surface area contributed by atoms with Crippen molar-refractivity contribution in [1.82, 2.24) is 15.5 Å². The molecule has 3 amide bonds. The summed E-state index contributed by atoms with van der Waals surface area (Å²) in [5.41, 5.74) is 7.91. The molecule has 9 heteroatoms. The molecule has 0 bridgehead atoms. The molecular weight excluding hydrogens is 484 g/mol. The van der Waals surface area contributed by atoms with Gasteiger partial charge in [-0.15, -0.1) is 0 Å². The van der Waals surface area contributed by atoms with E-state index < -0.39 is 47.9 Å². The maximum Gasteiger partial charge on any atom is 0.326 e. The number of benzene rings is 2. The summed E-state index contributed by atoms with van der Waals surface area (Å²) in [7, 11) is 0. The van der Waals surface area contributed by atoms with Crippen molar-refractivity contribution in [3.63, 3.8) is 0 Å². The highest BCUT2D eigenvalue weighted by molar-refractivity contribution is 5.94. The Labute approximate surface area is 223 Å². The summed E-state index contributed by atoms with van der Waals surface area (Å²) < 4.78 is 0. The molecule has 2 aromatic carbocycles. The Balaban J connectivity index is 1.77. The molecule has 38 heavy (non-hydrogen) atoms. The van der Waals surface area contributed by atoms with Crippen LogP contribution in [0.1, 0.15) is 44.2 Å². The number of carbonyl (C=O) groups is 4. The summed E-state index contributed by atoms with van der Waals surface area (Å²) in [4.78, 5) is 53.0. The van der Waals surface area contributed by atoms with Crippen molar-refractivity contribution in [2.75, 3.05) is 6.54 Å². The first-order valence-corrected chi connectivity index (χ1v) is 13.1. The van der Waals surface area contributed by atoms with Gasteiger partial charge in [-0.05, 0) is 42.7 Å². The lowest BCUT2D eigenvalue weighted by molar-refractivity contribution is -0.149. The van der Waals surface area contributed by atoms with Crippen LogP contribution >= 0.6 is 0 Å². The van der Waals surface area contributed by atoms with Gasteiger partial charge in [-0.25, -0.2) is 4.79 Å². The van der Waals surface area contributed by atoms with Crippen LogP contribution in [0.4, 0.5) is 0 Å². The zero-order valence-electron chi connectivity index (χ0n) is 22.0. The summed E-state index contributed by atoms with van der Waals surface area (Å²) in [6, 6.07) is 15.0. The third-order valence-electron chi connectivity index (χ3n) is 6.69. The largest absolute Gasteiger partial charge is 0.480 e. The Bertz CT molecular complexity index is 1090. The summed E-state index contributed by atoms with van der Waals surface area (Å²) in [6.07, 6.45) is 1.84. The molecule has 204 valence electrons. The van der Waals surface area contributed by atoms with Crippen molar-refractivity contribution < 1.29 is 24.3 Å². The quantitative estimate of drug-likeness (QED) is 0.335. The van der Waals surface area contributed by atoms with Crippen molar-refractivity contribution in [3.05, 3.63) is 71.8 Å². The predicted octanol–water partition coefficient (Wildman–Crippen LogP) is 1.89. The SMILES string of the molecule is CC(C)CC(NC(=O)C(Cc1ccccc1)NC(=O)C(N)Cc1ccccc1)C(=O)N1CCCC1C(=O)O. The predicted molar refractivity (Wildman–Crippen MR) is 144 cm³/mol. The molecule has 1 saturated heterocycles. The normalized spacial score (nSPS) is 17.5. The standard InChI is InChI=1S/C29H38N4O5/c1-19(2)16-24(28(36)33-15-9-14-25(33)29(37)38)32-27(35)23(18-21-12-7-4-8-13-21)31-26(34)22(30)17-20-10-5-3-6-11-20/h3-8,10-13,19,22-25H,9,14-18,30H2,1-2H3,(H,31,34)(H,32,35)(H,37,38). The Morgan fingerprint density at radius 2 is 1.45 bits per heavy atom. The Morgan fingerprint density at radius 1 is 0.895 bits per heavy atom. The topological polar surface area (TPSA) is 142 Å². The van der Waals surface area contributed by atoms with Gasteiger partial charge in [0.2, 0.25) is 17.7 Å². The van der Waals surface area contributed by atoms with Crippen LogP contribution in [0.5, 0.6) is 0 Å². The number of nitrogens with two attached hydrogens (primary N) is 1. The van der Waals surface area contributed by atoms with Crippen molar-refractivity contribution in [1.29, 1.82) is 0 Å². The molecule has 5 N–H and O–H groups in total. The number of hydrogen-bond acceptors (Lipinski definition) is 5. The molecule has 1 aliphatic heterocycles. The van der Waals surface area contributed by atoms with Crippen molar-refractivity contribution in [2.24, 2.45) is 11.7 Å². The lowest BCUT2D eigenvalue weighted by Crippen LogP contribution is -2.58. The third kappa shape index (κ3) is 8.14. The Hall–Kier alpha value is -3.72. The number of rotatable bonds is 12. The van der Waals surface area contributed by atoms with E-state index in [9.17, 15) is 24.3 Å². The number of amides is 3. The second-order valence-corrected chi connectivity index (χ2v) is 10.3. The summed E-state index contributed by atoms with van der Waals surface area (Å²) in [6.45, 7) is 4.19. The average Bonchev–Trinajstić information content (AvgIpc) is 3.39. The van der Waals surface area contributed by atoms with Crippen LogP contribution in [0.3, 0.4) is 0 Å². The van der Waals surface area contributed by atoms with Crippen LogP contribution in [-0.2, 0) is 32.0 Å². The number of carboxylic acid groups (broad SMARTS) is 1. The van der Waals surface area contributed by atoms with Crippen LogP contribution in [0.25, 0.3) is 0 Å². The smallest absolute Gasteiger partial charge is 0.326 e.